The molecule has 0 saturated carbocycles. The molecule has 18 heavy (non-hydrogen) atoms. The Balaban J connectivity index is -0.00000000225. The molecule has 0 aromatic carbocycles. The van der Waals surface area contributed by atoms with Crippen LogP contribution in [0.1, 0.15) is 0 Å². The van der Waals surface area contributed by atoms with Crippen molar-refractivity contribution in [3.05, 3.63) is 39.4 Å². The molecule has 0 aliphatic rings. The van der Waals surface area contributed by atoms with E-state index in [-0.39, 0.29) is 230 Å². The predicted molar refractivity (Wildman–Crippen MR) is 33.4 cm³/mol. The van der Waals surface area contributed by atoms with Crippen molar-refractivity contribution in [2.75, 3.05) is 0 Å². The van der Waals surface area contributed by atoms with Crippen LogP contribution in [0.3, 0.4) is 0 Å². The van der Waals surface area contributed by atoms with Crippen molar-refractivity contribution < 1.29 is 230 Å². The first-order valence-electron chi connectivity index (χ1n) is 1.34. The van der Waals surface area contributed by atoms with E-state index in [1.54, 1.807) is 0 Å². The van der Waals surface area contributed by atoms with Gasteiger partial charge in [-0.05, 0) is 0 Å². The zero-order chi connectivity index (χ0) is 12.0. The minimum atomic E-state index is 0. The first-order valence-corrected chi connectivity index (χ1v) is 1.34. The maximum absolute atomic E-state index is 6.25. The molecule has 0 rings (SSSR count). The van der Waals surface area contributed by atoms with Gasteiger partial charge in [0.15, 0.2) is 0 Å². The molecule has 0 aliphatic heterocycles. The van der Waals surface area contributed by atoms with Crippen molar-refractivity contribution in [2.45, 2.75) is 0 Å². The van der Waals surface area contributed by atoms with Crippen molar-refractivity contribution in [3.63, 3.8) is 0 Å². The third kappa shape index (κ3) is 441. The van der Waals surface area contributed by atoms with Gasteiger partial charge in [0.05, 0.1) is 0 Å². The zero-order valence-electron chi connectivity index (χ0n) is 10.5. The first-order chi connectivity index (χ1) is 6.00. The molecule has 0 spiro atoms. The molecule has 0 saturated heterocycles. The van der Waals surface area contributed by atoms with Crippen LogP contribution in [-0.4, -0.2) is 5.48 Å². The molecule has 0 bridgehead atoms. The van der Waals surface area contributed by atoms with Crippen molar-refractivity contribution in [1.82, 2.24) is 0 Å². The maximum atomic E-state index is 6.25. The second-order valence-electron chi connectivity index (χ2n) is 0. The molecule has 0 fully saturated rings. The Hall–Kier alpha value is 4.07. The fourth-order valence-corrected chi connectivity index (χ4v) is 0. The van der Waals surface area contributed by atoms with Gasteiger partial charge in [-0.3, -0.25) is 0 Å². The first kappa shape index (κ1) is 96.6. The molecule has 0 unspecified atom stereocenters. The van der Waals surface area contributed by atoms with Crippen molar-refractivity contribution in [2.24, 2.45) is 0 Å². The molecule has 0 radical (unpaired) electrons. The summed E-state index contributed by atoms with van der Waals surface area (Å²) >= 11 is 0. The van der Waals surface area contributed by atoms with Crippen LogP contribution in [0.2, 0.25) is 0 Å². The molecule has 0 heterocycles. The van der Waals surface area contributed by atoms with Gasteiger partial charge in [-0.1, -0.05) is 0 Å². The van der Waals surface area contributed by atoms with E-state index in [9.17, 15) is 0 Å². The van der Waals surface area contributed by atoms with Gasteiger partial charge in [0, 0.05) is 0 Å². The summed E-state index contributed by atoms with van der Waals surface area (Å²) in [7, 11) is 0. The van der Waals surface area contributed by atoms with Gasteiger partial charge in [0.1, 0.15) is 0 Å². The summed E-state index contributed by atoms with van der Waals surface area (Å²) in [6.45, 7) is 28.5. The van der Waals surface area contributed by atoms with Crippen LogP contribution >= 0.6 is 0 Å². The van der Waals surface area contributed by atoms with Gasteiger partial charge in [-0.25, -0.2) is 0 Å². The summed E-state index contributed by atoms with van der Waals surface area (Å²) in [4.78, 5) is 0. The second kappa shape index (κ2) is 513. The SMILES string of the molecule is O.[C-]#N.[C-]#N.[C-]#N.[C-]#N.[C-]#N.[C-]#N.[K+].[K+].[K+].[K+].[Ru+2]. The second-order valence-corrected chi connectivity index (χ2v) is 0. The third-order valence-electron chi connectivity index (χ3n) is 0. The Morgan fingerprint density at radius 1 is 0.333 bits per heavy atom. The molecule has 2 N–H and O–H groups in total. The minimum absolute atomic E-state index is 0. The minimum Gasteiger partial charge on any atom is -0.512 e. The molecule has 7 nitrogen and oxygen atoms in total. The largest absolute Gasteiger partial charge is 2.00 e. The summed E-state index contributed by atoms with van der Waals surface area (Å²) < 4.78 is 0. The normalized spacial score (nSPS) is 0.667. The van der Waals surface area contributed by atoms with Crippen LogP contribution in [0.5, 0.6) is 0 Å². The number of nitrogens with zero attached hydrogens (tertiary/aromatic N) is 6. The van der Waals surface area contributed by atoms with E-state index >= 15 is 0 Å². The van der Waals surface area contributed by atoms with Gasteiger partial charge in [-0.2, -0.15) is 0 Å². The van der Waals surface area contributed by atoms with Crippen molar-refractivity contribution in [1.29, 1.82) is 31.6 Å². The van der Waals surface area contributed by atoms with Gasteiger partial charge in [0.25, 0.3) is 0 Å². The van der Waals surface area contributed by atoms with Crippen LogP contribution in [0.4, 0.5) is 0 Å². The van der Waals surface area contributed by atoms with Gasteiger partial charge < -0.3 is 76.5 Å². The maximum Gasteiger partial charge on any atom is 2.00 e. The summed E-state index contributed by atoms with van der Waals surface area (Å²) in [5.41, 5.74) is 0. The Morgan fingerprint density at radius 3 is 0.333 bits per heavy atom. The molecule has 0 aromatic rings. The summed E-state index contributed by atoms with van der Waals surface area (Å²) in [5, 5.41) is 37.5. The monoisotopic (exact) mass is 432 g/mol. The molecule has 0 amide bonds. The van der Waals surface area contributed by atoms with E-state index < -0.39 is 0 Å². The van der Waals surface area contributed by atoms with Crippen molar-refractivity contribution >= 4 is 0 Å². The van der Waals surface area contributed by atoms with Crippen molar-refractivity contribution in [3.8, 4) is 0 Å². The standard InChI is InChI=1S/6CN.4K.H2O.Ru/c6*1-2;;;;;;/h;;;;;;;;;;1H2;/q6*-1;4*+1;;+2. The zero-order valence-corrected chi connectivity index (χ0v) is 24.8. The van der Waals surface area contributed by atoms with Gasteiger partial charge >= 0.3 is 225 Å². The number of hydrogen-bond donors (Lipinski definition) is 0. The molecule has 0 atom stereocenters. The fourth-order valence-electron chi connectivity index (χ4n) is 0. The van der Waals surface area contributed by atoms with E-state index in [4.69, 9.17) is 71.0 Å². The van der Waals surface area contributed by atoms with E-state index in [0.717, 1.165) is 0 Å². The molecular weight excluding hydrogens is 430 g/mol. The smallest absolute Gasteiger partial charge is 0.512 e. The van der Waals surface area contributed by atoms with Crippen LogP contribution < -0.4 is 206 Å². The van der Waals surface area contributed by atoms with Gasteiger partial charge in [0.2, 0.25) is 0 Å². The summed E-state index contributed by atoms with van der Waals surface area (Å²) in [5.74, 6) is 0. The average Bonchev–Trinajstić information content (AvgIpc) is 2.33. The van der Waals surface area contributed by atoms with E-state index in [0.29, 0.717) is 0 Å². The Bertz CT molecular complexity index is 111. The quantitative estimate of drug-likeness (QED) is 0.272. The number of hydrogen-bond acceptors (Lipinski definition) is 6. The topological polar surface area (TPSA) is 174 Å². The molecule has 74 valence electrons. The van der Waals surface area contributed by atoms with E-state index in [1.165, 1.54) is 0 Å². The third-order valence-corrected chi connectivity index (χ3v) is 0. The average molecular weight is 432 g/mol. The molecule has 12 heteroatoms. The van der Waals surface area contributed by atoms with Crippen LogP contribution in [0, 0.1) is 71.0 Å². The molecule has 0 aromatic heterocycles. The van der Waals surface area contributed by atoms with E-state index in [2.05, 4.69) is 0 Å². The van der Waals surface area contributed by atoms with E-state index in [1.807, 2.05) is 0 Å². The Kier molecular flexibility index (Phi) is 2750. The van der Waals surface area contributed by atoms with Crippen LogP contribution in [0.25, 0.3) is 0 Å². The Morgan fingerprint density at radius 2 is 0.333 bits per heavy atom. The fraction of sp³-hybridized carbons (Fsp3) is 0. The van der Waals surface area contributed by atoms with Crippen LogP contribution in [0.15, 0.2) is 0 Å². The molecule has 0 aliphatic carbocycles. The predicted octanol–water partition coefficient (Wildman–Crippen LogP) is -12.2. The number of rotatable bonds is 0. The Labute approximate surface area is 292 Å². The van der Waals surface area contributed by atoms with Crippen LogP contribution in [-0.2, 0) is 19.5 Å². The summed E-state index contributed by atoms with van der Waals surface area (Å²) in [6, 6.07) is 0. The van der Waals surface area contributed by atoms with Gasteiger partial charge in [-0.15, -0.1) is 0 Å². The summed E-state index contributed by atoms with van der Waals surface area (Å²) in [6.07, 6.45) is 0. The molecular formula is C6H2K4N6ORu.